The van der Waals surface area contributed by atoms with Gasteiger partial charge in [0.05, 0.1) is 16.9 Å². The molecule has 0 amide bonds. The Morgan fingerprint density at radius 3 is 2.11 bits per heavy atom. The molecule has 5 aliphatic rings. The molecule has 5 heteroatoms. The zero-order valence-corrected chi connectivity index (χ0v) is 22.6. The normalized spacial score (nSPS) is 55.5. The van der Waals surface area contributed by atoms with Gasteiger partial charge in [0.15, 0.2) is 0 Å². The van der Waals surface area contributed by atoms with Crippen LogP contribution in [0.3, 0.4) is 0 Å². The molecule has 5 rings (SSSR count). The van der Waals surface area contributed by atoms with Crippen molar-refractivity contribution < 1.29 is 24.9 Å². The van der Waals surface area contributed by atoms with Gasteiger partial charge in [0.2, 0.25) is 0 Å². The summed E-state index contributed by atoms with van der Waals surface area (Å²) in [5.74, 6) is -0.878. The Balaban J connectivity index is 1.58. The van der Waals surface area contributed by atoms with Crippen LogP contribution in [0.2, 0.25) is 0 Å². The van der Waals surface area contributed by atoms with Crippen molar-refractivity contribution in [2.24, 2.45) is 50.2 Å². The smallest absolute Gasteiger partial charge is 0.312 e. The number of allylic oxidation sites excluding steroid dienone is 2. The first-order valence-electron chi connectivity index (χ1n) is 13.9. The van der Waals surface area contributed by atoms with Crippen LogP contribution in [0.4, 0.5) is 0 Å². The largest absolute Gasteiger partial charge is 0.481 e. The molecular weight excluding hydrogens is 440 g/mol. The standard InChI is InChI=1S/C30H46O5/c1-25-13-14-26(2,23(32)33)17-19(25)18-7-8-20-27(3)11-10-22(31)30(6,24(34)35)21(27)9-12-29(20,5)28(18,4)16-15-25/h7,19-22,31H,8-17H2,1-6H3,(H,32,33)(H,34,35)/t19-,20-,21?,22+,25-,26?,27-,28-,29-,30?/m1/s1. The number of carboxylic acid groups (broad SMARTS) is 2. The number of carboxylic acids is 2. The minimum absolute atomic E-state index is 0.000511. The average Bonchev–Trinajstić information content (AvgIpc) is 2.78. The summed E-state index contributed by atoms with van der Waals surface area (Å²) >= 11 is 0. The number of carbonyl (C=O) groups is 2. The second kappa shape index (κ2) is 7.36. The predicted octanol–water partition coefficient (Wildman–Crippen LogP) is 6.30. The van der Waals surface area contributed by atoms with Crippen LogP contribution in [0, 0.1) is 50.2 Å². The SMILES string of the molecule is CC1(C(=O)O)CC[C@]2(C)CC[C@]3(C)C(=CC[C@@H]4[C@@]5(C)CC[C@H](O)C(C)(C(=O)O)C5CC[C@]43C)[C@H]2C1. The van der Waals surface area contributed by atoms with Gasteiger partial charge in [-0.2, -0.15) is 0 Å². The van der Waals surface area contributed by atoms with Crippen molar-refractivity contribution in [2.45, 2.75) is 112 Å². The third-order valence-electron chi connectivity index (χ3n) is 13.4. The minimum Gasteiger partial charge on any atom is -0.481 e. The number of aliphatic hydroxyl groups excluding tert-OH is 1. The van der Waals surface area contributed by atoms with Crippen LogP contribution in [0.15, 0.2) is 11.6 Å². The van der Waals surface area contributed by atoms with Gasteiger partial charge in [-0.1, -0.05) is 39.3 Å². The summed E-state index contributed by atoms with van der Waals surface area (Å²) < 4.78 is 0. The molecule has 3 N–H and O–H groups in total. The van der Waals surface area contributed by atoms with E-state index in [1.54, 1.807) is 6.92 Å². The first-order valence-corrected chi connectivity index (χ1v) is 13.9. The lowest BCUT2D eigenvalue weighted by Crippen LogP contribution is -2.66. The maximum Gasteiger partial charge on any atom is 0.312 e. The van der Waals surface area contributed by atoms with Gasteiger partial charge in [0, 0.05) is 0 Å². The molecule has 0 aromatic heterocycles. The van der Waals surface area contributed by atoms with Crippen molar-refractivity contribution in [3.05, 3.63) is 11.6 Å². The molecule has 0 radical (unpaired) electrons. The molecule has 4 saturated carbocycles. The Bertz CT molecular complexity index is 987. The summed E-state index contributed by atoms with van der Waals surface area (Å²) in [5, 5.41) is 31.2. The number of rotatable bonds is 2. The van der Waals surface area contributed by atoms with Crippen molar-refractivity contribution in [3.8, 4) is 0 Å². The minimum atomic E-state index is -1.10. The third kappa shape index (κ3) is 2.97. The summed E-state index contributed by atoms with van der Waals surface area (Å²) in [4.78, 5) is 24.7. The monoisotopic (exact) mass is 486 g/mol. The van der Waals surface area contributed by atoms with Crippen LogP contribution in [-0.4, -0.2) is 33.4 Å². The van der Waals surface area contributed by atoms with Crippen LogP contribution in [0.1, 0.15) is 106 Å². The summed E-state index contributed by atoms with van der Waals surface area (Å²) in [5.41, 5.74) is -0.168. The lowest BCUT2D eigenvalue weighted by molar-refractivity contribution is -0.216. The van der Waals surface area contributed by atoms with Gasteiger partial charge in [-0.05, 0) is 117 Å². The van der Waals surface area contributed by atoms with Crippen LogP contribution >= 0.6 is 0 Å². The van der Waals surface area contributed by atoms with Crippen LogP contribution in [0.5, 0.6) is 0 Å². The van der Waals surface area contributed by atoms with E-state index < -0.39 is 28.9 Å². The summed E-state index contributed by atoms with van der Waals surface area (Å²) in [6.07, 6.45) is 10.6. The number of hydrogen-bond donors (Lipinski definition) is 3. The molecule has 10 atom stereocenters. The fourth-order valence-electron chi connectivity index (χ4n) is 10.5. The zero-order chi connectivity index (χ0) is 25.8. The second-order valence-electron chi connectivity index (χ2n) is 14.7. The van der Waals surface area contributed by atoms with Crippen molar-refractivity contribution in [1.82, 2.24) is 0 Å². The molecule has 5 aliphatic carbocycles. The van der Waals surface area contributed by atoms with Gasteiger partial charge in [-0.3, -0.25) is 9.59 Å². The predicted molar refractivity (Wildman–Crippen MR) is 135 cm³/mol. The number of aliphatic carboxylic acids is 2. The molecule has 0 aromatic rings. The van der Waals surface area contributed by atoms with Gasteiger partial charge in [0.1, 0.15) is 0 Å². The maximum absolute atomic E-state index is 12.5. The van der Waals surface area contributed by atoms with Crippen molar-refractivity contribution in [2.75, 3.05) is 0 Å². The van der Waals surface area contributed by atoms with Crippen LogP contribution in [0.25, 0.3) is 0 Å². The lowest BCUT2D eigenvalue weighted by atomic mass is 9.33. The van der Waals surface area contributed by atoms with Crippen LogP contribution < -0.4 is 0 Å². The van der Waals surface area contributed by atoms with Gasteiger partial charge in [-0.25, -0.2) is 0 Å². The average molecular weight is 487 g/mol. The van der Waals surface area contributed by atoms with Crippen molar-refractivity contribution >= 4 is 11.9 Å². The lowest BCUT2D eigenvalue weighted by Gasteiger charge is -2.71. The first kappa shape index (κ1) is 25.3. The summed E-state index contributed by atoms with van der Waals surface area (Å²) in [7, 11) is 0. The zero-order valence-electron chi connectivity index (χ0n) is 22.6. The Labute approximate surface area is 210 Å². The maximum atomic E-state index is 12.5. The molecule has 0 bridgehead atoms. The molecule has 196 valence electrons. The van der Waals surface area contributed by atoms with Gasteiger partial charge >= 0.3 is 11.9 Å². The molecule has 0 aromatic carbocycles. The Hall–Kier alpha value is -1.36. The van der Waals surface area contributed by atoms with E-state index in [0.717, 1.165) is 57.8 Å². The Kier molecular flexibility index (Phi) is 5.32. The molecule has 0 heterocycles. The van der Waals surface area contributed by atoms with E-state index in [-0.39, 0.29) is 27.6 Å². The van der Waals surface area contributed by atoms with E-state index in [1.165, 1.54) is 5.57 Å². The molecule has 3 unspecified atom stereocenters. The quantitative estimate of drug-likeness (QED) is 0.398. The first-order chi connectivity index (χ1) is 16.1. The highest BCUT2D eigenvalue weighted by Gasteiger charge is 2.69. The number of fused-ring (bicyclic) bond motifs is 7. The highest BCUT2D eigenvalue weighted by Crippen LogP contribution is 2.75. The Morgan fingerprint density at radius 1 is 0.829 bits per heavy atom. The van der Waals surface area contributed by atoms with E-state index >= 15 is 0 Å². The van der Waals surface area contributed by atoms with E-state index in [4.69, 9.17) is 0 Å². The second-order valence-corrected chi connectivity index (χ2v) is 14.7. The molecule has 0 aliphatic heterocycles. The van der Waals surface area contributed by atoms with Gasteiger partial charge in [-0.15, -0.1) is 0 Å². The van der Waals surface area contributed by atoms with E-state index in [9.17, 15) is 24.9 Å². The summed E-state index contributed by atoms with van der Waals surface area (Å²) in [6.45, 7) is 13.4. The topological polar surface area (TPSA) is 94.8 Å². The third-order valence-corrected chi connectivity index (χ3v) is 13.4. The van der Waals surface area contributed by atoms with Gasteiger partial charge < -0.3 is 15.3 Å². The highest BCUT2D eigenvalue weighted by molar-refractivity contribution is 5.76. The van der Waals surface area contributed by atoms with Crippen molar-refractivity contribution in [3.63, 3.8) is 0 Å². The van der Waals surface area contributed by atoms with E-state index in [0.29, 0.717) is 18.3 Å². The molecular formula is C30H46O5. The fourth-order valence-corrected chi connectivity index (χ4v) is 10.5. The van der Waals surface area contributed by atoms with Gasteiger partial charge in [0.25, 0.3) is 0 Å². The number of hydrogen-bond acceptors (Lipinski definition) is 3. The van der Waals surface area contributed by atoms with Crippen LogP contribution in [-0.2, 0) is 9.59 Å². The fraction of sp³-hybridized carbons (Fsp3) is 0.867. The highest BCUT2D eigenvalue weighted by atomic mass is 16.4. The van der Waals surface area contributed by atoms with E-state index in [2.05, 4.69) is 33.8 Å². The molecule has 35 heavy (non-hydrogen) atoms. The number of aliphatic hydroxyl groups is 1. The Morgan fingerprint density at radius 2 is 1.49 bits per heavy atom. The molecule has 0 saturated heterocycles. The summed E-state index contributed by atoms with van der Waals surface area (Å²) in [6, 6.07) is 0. The van der Waals surface area contributed by atoms with E-state index in [1.807, 2.05) is 6.92 Å². The van der Waals surface area contributed by atoms with Crippen molar-refractivity contribution in [1.29, 1.82) is 0 Å². The molecule has 0 spiro atoms. The molecule has 4 fully saturated rings. The molecule has 5 nitrogen and oxygen atoms in total.